The van der Waals surface area contributed by atoms with Crippen LogP contribution in [0.15, 0.2) is 54.6 Å². The van der Waals surface area contributed by atoms with E-state index in [1.54, 1.807) is 17.0 Å². The maximum atomic E-state index is 12.3. The highest BCUT2D eigenvalue weighted by Gasteiger charge is 2.22. The van der Waals surface area contributed by atoms with Gasteiger partial charge < -0.3 is 15.0 Å². The number of amides is 2. The highest BCUT2D eigenvalue weighted by molar-refractivity contribution is 6.33. The lowest BCUT2D eigenvalue weighted by Crippen LogP contribution is -2.51. The van der Waals surface area contributed by atoms with Crippen LogP contribution in [0.3, 0.4) is 0 Å². The first-order valence-corrected chi connectivity index (χ1v) is 9.22. The molecule has 1 N–H and O–H groups in total. The second-order valence-electron chi connectivity index (χ2n) is 6.29. The van der Waals surface area contributed by atoms with Crippen LogP contribution in [0.2, 0.25) is 5.02 Å². The number of nitrogens with one attached hydrogen (secondary N) is 1. The fraction of sp³-hybridized carbons (Fsp3) is 0.300. The van der Waals surface area contributed by atoms with Gasteiger partial charge in [-0.1, -0.05) is 41.9 Å². The third kappa shape index (κ3) is 5.70. The van der Waals surface area contributed by atoms with Gasteiger partial charge in [0.05, 0.1) is 17.3 Å². The maximum Gasteiger partial charge on any atom is 0.260 e. The van der Waals surface area contributed by atoms with Crippen molar-refractivity contribution in [1.82, 2.24) is 9.80 Å². The number of para-hydroxylation sites is 2. The predicted octanol–water partition coefficient (Wildman–Crippen LogP) is 2.50. The molecule has 0 saturated carbocycles. The van der Waals surface area contributed by atoms with Crippen LogP contribution in [0, 0.1) is 0 Å². The van der Waals surface area contributed by atoms with E-state index in [1.807, 2.05) is 47.4 Å². The quantitative estimate of drug-likeness (QED) is 0.827. The summed E-state index contributed by atoms with van der Waals surface area (Å²) < 4.78 is 5.51. The zero-order valence-electron chi connectivity index (χ0n) is 14.9. The fourth-order valence-corrected chi connectivity index (χ4v) is 3.05. The van der Waals surface area contributed by atoms with Crippen LogP contribution in [-0.4, -0.2) is 60.9 Å². The first-order chi connectivity index (χ1) is 13.1. The second-order valence-corrected chi connectivity index (χ2v) is 6.69. The molecule has 2 aromatic rings. The number of piperazine rings is 1. The van der Waals surface area contributed by atoms with E-state index in [0.717, 1.165) is 0 Å². The minimum atomic E-state index is -0.115. The first kappa shape index (κ1) is 19.2. The van der Waals surface area contributed by atoms with Gasteiger partial charge in [-0.2, -0.15) is 0 Å². The van der Waals surface area contributed by atoms with Crippen LogP contribution in [0.5, 0.6) is 5.75 Å². The van der Waals surface area contributed by atoms with Crippen molar-refractivity contribution in [2.75, 3.05) is 44.6 Å². The SMILES string of the molecule is O=C(CN1CCN(C(=O)COc2ccccc2)CC1)Nc1ccccc1Cl. The Morgan fingerprint density at radius 2 is 1.63 bits per heavy atom. The molecule has 27 heavy (non-hydrogen) atoms. The zero-order chi connectivity index (χ0) is 19.1. The summed E-state index contributed by atoms with van der Waals surface area (Å²) in [6.07, 6.45) is 0. The molecule has 0 atom stereocenters. The van der Waals surface area contributed by atoms with Crippen molar-refractivity contribution in [3.63, 3.8) is 0 Å². The number of hydrogen-bond donors (Lipinski definition) is 1. The standard InChI is InChI=1S/C20H22ClN3O3/c21-17-8-4-5-9-18(17)22-19(25)14-23-10-12-24(13-11-23)20(26)15-27-16-6-2-1-3-7-16/h1-9H,10-15H2,(H,22,25). The van der Waals surface area contributed by atoms with Gasteiger partial charge in [-0.25, -0.2) is 0 Å². The molecule has 142 valence electrons. The molecule has 0 radical (unpaired) electrons. The van der Waals surface area contributed by atoms with Crippen molar-refractivity contribution < 1.29 is 14.3 Å². The lowest BCUT2D eigenvalue weighted by atomic mass is 10.3. The summed E-state index contributed by atoms with van der Waals surface area (Å²) in [5, 5.41) is 3.33. The molecule has 6 nitrogen and oxygen atoms in total. The Balaban J connectivity index is 1.40. The van der Waals surface area contributed by atoms with Gasteiger partial charge in [-0.3, -0.25) is 14.5 Å². The van der Waals surface area contributed by atoms with Gasteiger partial charge in [0.15, 0.2) is 6.61 Å². The Hall–Kier alpha value is -2.57. The average Bonchev–Trinajstić information content (AvgIpc) is 2.69. The van der Waals surface area contributed by atoms with E-state index in [4.69, 9.17) is 16.3 Å². The second kappa shape index (κ2) is 9.39. The van der Waals surface area contributed by atoms with Crippen LogP contribution >= 0.6 is 11.6 Å². The van der Waals surface area contributed by atoms with E-state index >= 15 is 0 Å². The summed E-state index contributed by atoms with van der Waals surface area (Å²) in [5.74, 6) is 0.523. The summed E-state index contributed by atoms with van der Waals surface area (Å²) in [6.45, 7) is 2.75. The van der Waals surface area contributed by atoms with Crippen LogP contribution in [0.4, 0.5) is 5.69 Å². The van der Waals surface area contributed by atoms with Crippen LogP contribution in [0.1, 0.15) is 0 Å². The maximum absolute atomic E-state index is 12.3. The molecule has 2 aromatic carbocycles. The number of halogens is 1. The largest absolute Gasteiger partial charge is 0.484 e. The smallest absolute Gasteiger partial charge is 0.260 e. The molecular formula is C20H22ClN3O3. The minimum absolute atomic E-state index is 0.0248. The minimum Gasteiger partial charge on any atom is -0.484 e. The van der Waals surface area contributed by atoms with Gasteiger partial charge in [0, 0.05) is 26.2 Å². The number of ether oxygens (including phenoxy) is 1. The van der Waals surface area contributed by atoms with Crippen molar-refractivity contribution in [2.24, 2.45) is 0 Å². The number of carbonyl (C=O) groups is 2. The summed E-state index contributed by atoms with van der Waals surface area (Å²) in [5.41, 5.74) is 0.607. The lowest BCUT2D eigenvalue weighted by Gasteiger charge is -2.34. The zero-order valence-corrected chi connectivity index (χ0v) is 15.7. The molecule has 2 amide bonds. The molecule has 7 heteroatoms. The molecule has 0 bridgehead atoms. The van der Waals surface area contributed by atoms with E-state index in [0.29, 0.717) is 42.6 Å². The van der Waals surface area contributed by atoms with Gasteiger partial charge >= 0.3 is 0 Å². The Bertz CT molecular complexity index is 777. The number of carbonyl (C=O) groups excluding carboxylic acids is 2. The average molecular weight is 388 g/mol. The molecule has 0 unspecified atom stereocenters. The lowest BCUT2D eigenvalue weighted by molar-refractivity contribution is -0.135. The number of hydrogen-bond acceptors (Lipinski definition) is 4. The molecule has 0 aromatic heterocycles. The first-order valence-electron chi connectivity index (χ1n) is 8.84. The normalized spacial score (nSPS) is 14.6. The van der Waals surface area contributed by atoms with Crippen molar-refractivity contribution in [2.45, 2.75) is 0 Å². The third-order valence-electron chi connectivity index (χ3n) is 4.35. The van der Waals surface area contributed by atoms with Gasteiger partial charge in [-0.05, 0) is 24.3 Å². The van der Waals surface area contributed by atoms with Crippen LogP contribution < -0.4 is 10.1 Å². The highest BCUT2D eigenvalue weighted by Crippen LogP contribution is 2.20. The van der Waals surface area contributed by atoms with E-state index in [-0.39, 0.29) is 25.0 Å². The molecule has 3 rings (SSSR count). The summed E-state index contributed by atoms with van der Waals surface area (Å²) in [7, 11) is 0. The van der Waals surface area contributed by atoms with Gasteiger partial charge in [-0.15, -0.1) is 0 Å². The Morgan fingerprint density at radius 1 is 0.963 bits per heavy atom. The number of rotatable bonds is 6. The van der Waals surface area contributed by atoms with Crippen LogP contribution in [-0.2, 0) is 9.59 Å². The molecule has 1 aliphatic heterocycles. The van der Waals surface area contributed by atoms with E-state index < -0.39 is 0 Å². The van der Waals surface area contributed by atoms with Crippen molar-refractivity contribution in [3.05, 3.63) is 59.6 Å². The van der Waals surface area contributed by atoms with Gasteiger partial charge in [0.25, 0.3) is 5.91 Å². The number of benzene rings is 2. The number of nitrogens with zero attached hydrogens (tertiary/aromatic N) is 2. The van der Waals surface area contributed by atoms with E-state index in [9.17, 15) is 9.59 Å². The molecular weight excluding hydrogens is 366 g/mol. The fourth-order valence-electron chi connectivity index (χ4n) is 2.86. The molecule has 1 aliphatic rings. The van der Waals surface area contributed by atoms with Crippen molar-refractivity contribution in [3.8, 4) is 5.75 Å². The molecule has 1 saturated heterocycles. The van der Waals surface area contributed by atoms with Crippen LogP contribution in [0.25, 0.3) is 0 Å². The topological polar surface area (TPSA) is 61.9 Å². The summed E-state index contributed by atoms with van der Waals surface area (Å²) >= 11 is 6.05. The van der Waals surface area contributed by atoms with E-state index in [2.05, 4.69) is 5.32 Å². The molecule has 0 aliphatic carbocycles. The summed E-state index contributed by atoms with van der Waals surface area (Å²) in [6, 6.07) is 16.4. The Labute approximate surface area is 163 Å². The van der Waals surface area contributed by atoms with E-state index in [1.165, 1.54) is 0 Å². The third-order valence-corrected chi connectivity index (χ3v) is 4.68. The number of anilines is 1. The molecule has 1 fully saturated rings. The molecule has 0 spiro atoms. The molecule has 1 heterocycles. The predicted molar refractivity (Wildman–Crippen MR) is 105 cm³/mol. The Kier molecular flexibility index (Phi) is 6.68. The monoisotopic (exact) mass is 387 g/mol. The Morgan fingerprint density at radius 3 is 2.33 bits per heavy atom. The summed E-state index contributed by atoms with van der Waals surface area (Å²) in [4.78, 5) is 28.3. The van der Waals surface area contributed by atoms with Crippen molar-refractivity contribution >= 4 is 29.1 Å². The van der Waals surface area contributed by atoms with Gasteiger partial charge in [0.1, 0.15) is 5.75 Å². The van der Waals surface area contributed by atoms with Gasteiger partial charge in [0.2, 0.25) is 5.91 Å². The highest BCUT2D eigenvalue weighted by atomic mass is 35.5. The van der Waals surface area contributed by atoms with Crippen molar-refractivity contribution in [1.29, 1.82) is 0 Å².